The van der Waals surface area contributed by atoms with Crippen molar-refractivity contribution in [1.82, 2.24) is 10.2 Å². The molecule has 0 bridgehead atoms. The number of hydrogen-bond acceptors (Lipinski definition) is 4. The molecule has 6 heteroatoms. The van der Waals surface area contributed by atoms with Gasteiger partial charge in [-0.25, -0.2) is 4.79 Å². The molecule has 2 N–H and O–H groups in total. The van der Waals surface area contributed by atoms with Gasteiger partial charge in [-0.15, -0.1) is 11.3 Å². The molecule has 2 heterocycles. The maximum absolute atomic E-state index is 12.8. The van der Waals surface area contributed by atoms with Crippen molar-refractivity contribution in [3.8, 4) is 0 Å². The minimum Gasteiger partial charge on any atom is -0.393 e. The highest BCUT2D eigenvalue weighted by molar-refractivity contribution is 7.10. The number of aliphatic hydroxyl groups is 1. The van der Waals surface area contributed by atoms with Crippen LogP contribution in [-0.4, -0.2) is 47.9 Å². The van der Waals surface area contributed by atoms with Crippen LogP contribution < -0.4 is 5.32 Å². The fraction of sp³-hybridized carbons (Fsp3) is 0.706. The summed E-state index contributed by atoms with van der Waals surface area (Å²) in [7, 11) is 0. The molecule has 0 aliphatic carbocycles. The summed E-state index contributed by atoms with van der Waals surface area (Å²) in [5.41, 5.74) is 0. The lowest BCUT2D eigenvalue weighted by molar-refractivity contribution is -0.00492. The number of hydrogen-bond donors (Lipinski definition) is 2. The third-order valence-corrected chi connectivity index (χ3v) is 4.98. The molecule has 130 valence electrons. The van der Waals surface area contributed by atoms with E-state index in [4.69, 9.17) is 4.74 Å². The van der Waals surface area contributed by atoms with Gasteiger partial charge in [-0.1, -0.05) is 19.9 Å². The molecule has 1 aliphatic heterocycles. The van der Waals surface area contributed by atoms with Crippen LogP contribution >= 0.6 is 11.3 Å². The van der Waals surface area contributed by atoms with Crippen molar-refractivity contribution in [1.29, 1.82) is 0 Å². The molecule has 1 fully saturated rings. The van der Waals surface area contributed by atoms with E-state index in [0.29, 0.717) is 32.1 Å². The van der Waals surface area contributed by atoms with Crippen LogP contribution in [0.15, 0.2) is 17.5 Å². The van der Waals surface area contributed by atoms with Crippen LogP contribution in [0.2, 0.25) is 0 Å². The number of carbonyl (C=O) groups is 1. The van der Waals surface area contributed by atoms with E-state index in [1.54, 1.807) is 18.3 Å². The van der Waals surface area contributed by atoms with E-state index in [1.165, 1.54) is 4.88 Å². The van der Waals surface area contributed by atoms with Gasteiger partial charge in [0.25, 0.3) is 0 Å². The van der Waals surface area contributed by atoms with Gasteiger partial charge >= 0.3 is 6.03 Å². The molecule has 1 aromatic rings. The number of aliphatic hydroxyl groups excluding tert-OH is 1. The van der Waals surface area contributed by atoms with Crippen molar-refractivity contribution in [3.05, 3.63) is 22.4 Å². The van der Waals surface area contributed by atoms with Gasteiger partial charge in [0.05, 0.1) is 31.4 Å². The summed E-state index contributed by atoms with van der Waals surface area (Å²) in [5.74, 6) is 0.500. The average Bonchev–Trinajstić information content (AvgIpc) is 3.00. The summed E-state index contributed by atoms with van der Waals surface area (Å²) in [6.07, 6.45) is 1.01. The summed E-state index contributed by atoms with van der Waals surface area (Å²) in [6.45, 7) is 7.69. The fourth-order valence-corrected chi connectivity index (χ4v) is 3.74. The zero-order valence-corrected chi connectivity index (χ0v) is 15.0. The van der Waals surface area contributed by atoms with E-state index in [-0.39, 0.29) is 18.1 Å². The number of thiophene rings is 1. The first-order valence-electron chi connectivity index (χ1n) is 8.33. The Hall–Kier alpha value is -1.11. The second kappa shape index (κ2) is 8.66. The SMILES string of the molecule is CC(C)C[C@H](NC(=O)N1CCOC[C@H]1C[C@@H](C)O)c1cccs1. The number of nitrogens with one attached hydrogen (secondary N) is 1. The van der Waals surface area contributed by atoms with E-state index < -0.39 is 6.10 Å². The molecule has 5 nitrogen and oxygen atoms in total. The molecule has 1 saturated heterocycles. The summed E-state index contributed by atoms with van der Waals surface area (Å²) in [5, 5.41) is 14.9. The largest absolute Gasteiger partial charge is 0.393 e. The van der Waals surface area contributed by atoms with Gasteiger partial charge in [0.2, 0.25) is 0 Å². The third-order valence-electron chi connectivity index (χ3n) is 3.99. The number of amides is 2. The molecule has 2 amide bonds. The van der Waals surface area contributed by atoms with Gasteiger partial charge in [0.1, 0.15) is 0 Å². The number of rotatable bonds is 6. The molecule has 0 unspecified atom stereocenters. The van der Waals surface area contributed by atoms with Crippen LogP contribution in [0, 0.1) is 5.92 Å². The minimum absolute atomic E-state index is 0.0394. The summed E-state index contributed by atoms with van der Waals surface area (Å²) >= 11 is 1.68. The second-order valence-electron chi connectivity index (χ2n) is 6.65. The highest BCUT2D eigenvalue weighted by Gasteiger charge is 2.30. The summed E-state index contributed by atoms with van der Waals surface area (Å²) in [4.78, 5) is 15.8. The Balaban J connectivity index is 2.04. The number of morpholine rings is 1. The van der Waals surface area contributed by atoms with Crippen LogP contribution in [0.5, 0.6) is 0 Å². The Labute approximate surface area is 142 Å². The molecule has 3 atom stereocenters. The monoisotopic (exact) mass is 340 g/mol. The van der Waals surface area contributed by atoms with Crippen molar-refractivity contribution in [2.45, 2.75) is 51.8 Å². The number of urea groups is 1. The van der Waals surface area contributed by atoms with Gasteiger partial charge in [-0.05, 0) is 37.1 Å². The molecule has 23 heavy (non-hydrogen) atoms. The van der Waals surface area contributed by atoms with Gasteiger partial charge in [0, 0.05) is 11.4 Å². The third kappa shape index (κ3) is 5.48. The van der Waals surface area contributed by atoms with Gasteiger partial charge in [-0.2, -0.15) is 0 Å². The summed E-state index contributed by atoms with van der Waals surface area (Å²) in [6, 6.07) is 4.01. The molecule has 0 spiro atoms. The van der Waals surface area contributed by atoms with Gasteiger partial charge in [0.15, 0.2) is 0 Å². The van der Waals surface area contributed by atoms with E-state index >= 15 is 0 Å². The molecule has 0 aromatic carbocycles. The lowest BCUT2D eigenvalue weighted by atomic mass is 10.0. The maximum atomic E-state index is 12.8. The number of ether oxygens (including phenoxy) is 1. The van der Waals surface area contributed by atoms with Crippen molar-refractivity contribution in [3.63, 3.8) is 0 Å². The zero-order chi connectivity index (χ0) is 16.8. The Morgan fingerprint density at radius 3 is 2.91 bits per heavy atom. The summed E-state index contributed by atoms with van der Waals surface area (Å²) < 4.78 is 5.47. The van der Waals surface area contributed by atoms with E-state index in [9.17, 15) is 9.90 Å². The van der Waals surface area contributed by atoms with Gasteiger partial charge in [-0.3, -0.25) is 0 Å². The second-order valence-corrected chi connectivity index (χ2v) is 7.63. The highest BCUT2D eigenvalue weighted by atomic mass is 32.1. The van der Waals surface area contributed by atoms with Gasteiger partial charge < -0.3 is 20.1 Å². The van der Waals surface area contributed by atoms with Crippen LogP contribution in [0.25, 0.3) is 0 Å². The van der Waals surface area contributed by atoms with Crippen molar-refractivity contribution >= 4 is 17.4 Å². The van der Waals surface area contributed by atoms with Crippen LogP contribution in [0.1, 0.15) is 44.5 Å². The zero-order valence-electron chi connectivity index (χ0n) is 14.2. The first-order chi connectivity index (χ1) is 11.0. The van der Waals surface area contributed by atoms with Crippen LogP contribution in [0.4, 0.5) is 4.79 Å². The van der Waals surface area contributed by atoms with E-state index in [0.717, 1.165) is 6.42 Å². The molecule has 1 aromatic heterocycles. The number of carbonyl (C=O) groups excluding carboxylic acids is 1. The lowest BCUT2D eigenvalue weighted by Gasteiger charge is -2.37. The predicted octanol–water partition coefficient (Wildman–Crippen LogP) is 3.02. The standard InChI is InChI=1S/C17H28N2O3S/c1-12(2)9-15(16-5-4-8-23-16)18-17(21)19-6-7-22-11-14(19)10-13(3)20/h4-5,8,12-15,20H,6-7,9-11H2,1-3H3,(H,18,21)/t13-,14-,15+/m1/s1. The van der Waals surface area contributed by atoms with Crippen molar-refractivity contribution in [2.24, 2.45) is 5.92 Å². The number of nitrogens with zero attached hydrogens (tertiary/aromatic N) is 1. The highest BCUT2D eigenvalue weighted by Crippen LogP contribution is 2.26. The van der Waals surface area contributed by atoms with E-state index in [1.807, 2.05) is 16.3 Å². The quantitative estimate of drug-likeness (QED) is 0.837. The first kappa shape index (κ1) is 18.2. The fourth-order valence-electron chi connectivity index (χ4n) is 2.95. The Morgan fingerprint density at radius 2 is 2.30 bits per heavy atom. The molecule has 1 aliphatic rings. The maximum Gasteiger partial charge on any atom is 0.318 e. The van der Waals surface area contributed by atoms with Crippen molar-refractivity contribution in [2.75, 3.05) is 19.8 Å². The first-order valence-corrected chi connectivity index (χ1v) is 9.21. The predicted molar refractivity (Wildman–Crippen MR) is 92.7 cm³/mol. The van der Waals surface area contributed by atoms with E-state index in [2.05, 4.69) is 25.2 Å². The normalized spacial score (nSPS) is 21.3. The van der Waals surface area contributed by atoms with Crippen LogP contribution in [0.3, 0.4) is 0 Å². The Bertz CT molecular complexity index is 476. The van der Waals surface area contributed by atoms with Crippen LogP contribution in [-0.2, 0) is 4.74 Å². The molecular formula is C17H28N2O3S. The smallest absolute Gasteiger partial charge is 0.318 e. The molecular weight excluding hydrogens is 312 g/mol. The lowest BCUT2D eigenvalue weighted by Crippen LogP contribution is -2.53. The Kier molecular flexibility index (Phi) is 6.87. The minimum atomic E-state index is -0.444. The Morgan fingerprint density at radius 1 is 1.52 bits per heavy atom. The molecule has 0 radical (unpaired) electrons. The van der Waals surface area contributed by atoms with Crippen molar-refractivity contribution < 1.29 is 14.6 Å². The average molecular weight is 340 g/mol. The molecule has 0 saturated carbocycles. The molecule has 2 rings (SSSR count). The topological polar surface area (TPSA) is 61.8 Å².